The summed E-state index contributed by atoms with van der Waals surface area (Å²) in [5, 5.41) is 12.0. The second-order valence-corrected chi connectivity index (χ2v) is 6.55. The van der Waals surface area contributed by atoms with Gasteiger partial charge >= 0.3 is 5.97 Å². The van der Waals surface area contributed by atoms with Crippen LogP contribution in [0.2, 0.25) is 0 Å². The third kappa shape index (κ3) is 3.90. The van der Waals surface area contributed by atoms with Crippen LogP contribution in [0.15, 0.2) is 42.5 Å². The molecule has 0 saturated heterocycles. The number of carboxylic acids is 1. The van der Waals surface area contributed by atoms with Crippen molar-refractivity contribution < 1.29 is 23.5 Å². The van der Waals surface area contributed by atoms with Gasteiger partial charge in [0.1, 0.15) is 11.6 Å². The normalized spacial score (nSPS) is 15.2. The number of hydrogen-bond acceptors (Lipinski definition) is 2. The molecule has 136 valence electrons. The average Bonchev–Trinajstić information content (AvgIpc) is 2.52. The highest BCUT2D eigenvalue weighted by Gasteiger charge is 2.30. The fraction of sp³-hybridized carbons (Fsp3) is 0.300. The first-order valence-electron chi connectivity index (χ1n) is 8.51. The van der Waals surface area contributed by atoms with Gasteiger partial charge in [-0.25, -0.2) is 13.6 Å². The van der Waals surface area contributed by atoms with Crippen LogP contribution in [0.3, 0.4) is 0 Å². The van der Waals surface area contributed by atoms with Gasteiger partial charge in [-0.2, -0.15) is 0 Å². The minimum Gasteiger partial charge on any atom is -0.478 e. The van der Waals surface area contributed by atoms with Crippen molar-refractivity contribution in [1.82, 2.24) is 5.32 Å². The zero-order valence-electron chi connectivity index (χ0n) is 14.0. The second-order valence-electron chi connectivity index (χ2n) is 6.55. The number of carbonyl (C=O) groups is 2. The standard InChI is InChI=1S/C20H19F2NO3/c21-15-8-2-7-14(10-15)19(12-4-1-5-12)23-17(24)11-13-6-3-9-16(22)18(13)20(25)26/h2-3,6-10,12,19H,1,4-5,11H2,(H,23,24)(H,25,26). The lowest BCUT2D eigenvalue weighted by Crippen LogP contribution is -2.37. The maximum Gasteiger partial charge on any atom is 0.338 e. The van der Waals surface area contributed by atoms with E-state index in [1.807, 2.05) is 0 Å². The lowest BCUT2D eigenvalue weighted by Gasteiger charge is -2.34. The van der Waals surface area contributed by atoms with Gasteiger partial charge in [0.25, 0.3) is 0 Å². The summed E-state index contributed by atoms with van der Waals surface area (Å²) in [7, 11) is 0. The Morgan fingerprint density at radius 2 is 1.88 bits per heavy atom. The SMILES string of the molecule is O=C(Cc1cccc(F)c1C(=O)O)NC(c1cccc(F)c1)C1CCC1. The van der Waals surface area contributed by atoms with Gasteiger partial charge in [0, 0.05) is 0 Å². The summed E-state index contributed by atoms with van der Waals surface area (Å²) in [4.78, 5) is 23.7. The topological polar surface area (TPSA) is 66.4 Å². The van der Waals surface area contributed by atoms with E-state index in [1.54, 1.807) is 12.1 Å². The first-order chi connectivity index (χ1) is 12.5. The van der Waals surface area contributed by atoms with Crippen LogP contribution in [0, 0.1) is 17.6 Å². The average molecular weight is 359 g/mol. The number of aromatic carboxylic acids is 1. The molecule has 1 aliphatic carbocycles. The van der Waals surface area contributed by atoms with Crippen LogP contribution < -0.4 is 5.32 Å². The van der Waals surface area contributed by atoms with Gasteiger partial charge in [-0.15, -0.1) is 0 Å². The Balaban J connectivity index is 1.79. The van der Waals surface area contributed by atoms with Crippen molar-refractivity contribution in [2.75, 3.05) is 0 Å². The highest BCUT2D eigenvalue weighted by molar-refractivity contribution is 5.92. The van der Waals surface area contributed by atoms with Crippen molar-refractivity contribution in [3.05, 3.63) is 70.8 Å². The highest BCUT2D eigenvalue weighted by atomic mass is 19.1. The molecule has 0 radical (unpaired) electrons. The van der Waals surface area contributed by atoms with E-state index < -0.39 is 23.3 Å². The summed E-state index contributed by atoms with van der Waals surface area (Å²) in [6, 6.07) is 9.61. The zero-order valence-corrected chi connectivity index (χ0v) is 14.0. The van der Waals surface area contributed by atoms with Gasteiger partial charge in [0.2, 0.25) is 5.91 Å². The number of rotatable bonds is 6. The molecule has 2 aromatic carbocycles. The van der Waals surface area contributed by atoms with Crippen LogP contribution in [0.5, 0.6) is 0 Å². The Kier molecular flexibility index (Phi) is 5.30. The molecular weight excluding hydrogens is 340 g/mol. The highest BCUT2D eigenvalue weighted by Crippen LogP contribution is 2.38. The summed E-state index contributed by atoms with van der Waals surface area (Å²) in [6.07, 6.45) is 2.67. The fourth-order valence-electron chi connectivity index (χ4n) is 3.30. The largest absolute Gasteiger partial charge is 0.478 e. The predicted octanol–water partition coefficient (Wildman–Crippen LogP) is 3.86. The summed E-state index contributed by atoms with van der Waals surface area (Å²) < 4.78 is 27.3. The van der Waals surface area contributed by atoms with Crippen LogP contribution in [-0.2, 0) is 11.2 Å². The summed E-state index contributed by atoms with van der Waals surface area (Å²) in [5.41, 5.74) is 0.302. The van der Waals surface area contributed by atoms with Crippen LogP contribution in [0.25, 0.3) is 0 Å². The lowest BCUT2D eigenvalue weighted by atomic mass is 9.77. The van der Waals surface area contributed by atoms with Gasteiger partial charge in [0.15, 0.2) is 0 Å². The fourth-order valence-corrected chi connectivity index (χ4v) is 3.30. The van der Waals surface area contributed by atoms with Crippen molar-refractivity contribution in [2.45, 2.75) is 31.7 Å². The molecule has 26 heavy (non-hydrogen) atoms. The number of carboxylic acid groups (broad SMARTS) is 1. The second kappa shape index (κ2) is 7.64. The molecule has 1 saturated carbocycles. The first kappa shape index (κ1) is 18.0. The first-order valence-corrected chi connectivity index (χ1v) is 8.51. The van der Waals surface area contributed by atoms with E-state index in [1.165, 1.54) is 24.3 Å². The number of nitrogens with one attached hydrogen (secondary N) is 1. The van der Waals surface area contributed by atoms with E-state index in [2.05, 4.69) is 5.32 Å². The number of hydrogen-bond donors (Lipinski definition) is 2. The molecular formula is C20H19F2NO3. The third-order valence-electron chi connectivity index (χ3n) is 4.81. The molecule has 0 aliphatic heterocycles. The van der Waals surface area contributed by atoms with Gasteiger partial charge < -0.3 is 10.4 Å². The quantitative estimate of drug-likeness (QED) is 0.823. The Bertz CT molecular complexity index is 834. The Labute approximate surface area is 149 Å². The molecule has 6 heteroatoms. The van der Waals surface area contributed by atoms with Crippen LogP contribution in [0.1, 0.15) is 46.8 Å². The maximum atomic E-state index is 13.8. The number of benzene rings is 2. The Hall–Kier alpha value is -2.76. The number of carbonyl (C=O) groups excluding carboxylic acids is 1. The summed E-state index contributed by atoms with van der Waals surface area (Å²) >= 11 is 0. The minimum absolute atomic E-state index is 0.113. The molecule has 1 amide bonds. The van der Waals surface area contributed by atoms with E-state index in [0.717, 1.165) is 25.3 Å². The monoisotopic (exact) mass is 359 g/mol. The summed E-state index contributed by atoms with van der Waals surface area (Å²) in [6.45, 7) is 0. The molecule has 1 fully saturated rings. The zero-order chi connectivity index (χ0) is 18.7. The van der Waals surface area contributed by atoms with E-state index in [0.29, 0.717) is 5.56 Å². The van der Waals surface area contributed by atoms with Crippen LogP contribution >= 0.6 is 0 Å². The molecule has 0 spiro atoms. The van der Waals surface area contributed by atoms with Crippen LogP contribution in [-0.4, -0.2) is 17.0 Å². The van der Waals surface area contributed by atoms with Gasteiger partial charge in [-0.1, -0.05) is 30.7 Å². The van der Waals surface area contributed by atoms with Crippen molar-refractivity contribution in [2.24, 2.45) is 5.92 Å². The molecule has 4 nitrogen and oxygen atoms in total. The third-order valence-corrected chi connectivity index (χ3v) is 4.81. The van der Waals surface area contributed by atoms with Crippen molar-refractivity contribution >= 4 is 11.9 Å². The van der Waals surface area contributed by atoms with E-state index >= 15 is 0 Å². The molecule has 0 aromatic heterocycles. The molecule has 1 unspecified atom stereocenters. The molecule has 0 bridgehead atoms. The van der Waals surface area contributed by atoms with Crippen molar-refractivity contribution in [3.63, 3.8) is 0 Å². The maximum absolute atomic E-state index is 13.8. The smallest absolute Gasteiger partial charge is 0.338 e. The van der Waals surface area contributed by atoms with Crippen LogP contribution in [0.4, 0.5) is 8.78 Å². The van der Waals surface area contributed by atoms with Gasteiger partial charge in [-0.05, 0) is 48.1 Å². The summed E-state index contributed by atoms with van der Waals surface area (Å²) in [5.74, 6) is -2.86. The van der Waals surface area contributed by atoms with Crippen molar-refractivity contribution in [3.8, 4) is 0 Å². The Morgan fingerprint density at radius 3 is 2.50 bits per heavy atom. The van der Waals surface area contributed by atoms with E-state index in [4.69, 9.17) is 0 Å². The van der Waals surface area contributed by atoms with Gasteiger partial charge in [-0.3, -0.25) is 4.79 Å². The van der Waals surface area contributed by atoms with Crippen molar-refractivity contribution in [1.29, 1.82) is 0 Å². The molecule has 1 atom stereocenters. The Morgan fingerprint density at radius 1 is 1.15 bits per heavy atom. The molecule has 1 aliphatic rings. The predicted molar refractivity (Wildman–Crippen MR) is 91.7 cm³/mol. The molecule has 3 rings (SSSR count). The van der Waals surface area contributed by atoms with E-state index in [-0.39, 0.29) is 29.8 Å². The van der Waals surface area contributed by atoms with Gasteiger partial charge in [0.05, 0.1) is 18.0 Å². The molecule has 2 N–H and O–H groups in total. The molecule has 2 aromatic rings. The number of amides is 1. The molecule has 0 heterocycles. The minimum atomic E-state index is -1.41. The van der Waals surface area contributed by atoms with E-state index in [9.17, 15) is 23.5 Å². The lowest BCUT2D eigenvalue weighted by molar-refractivity contribution is -0.121. The number of halogens is 2.